The van der Waals surface area contributed by atoms with Crippen LogP contribution in [0.4, 0.5) is 20.6 Å². The van der Waals surface area contributed by atoms with Crippen LogP contribution in [-0.2, 0) is 4.79 Å². The Labute approximate surface area is 174 Å². The SMILES string of the molecule is O=C(CN1CCN(c2ccc(Cl)cc2)C1=O)N1CCN(c2ccccc2F)CC1. The van der Waals surface area contributed by atoms with E-state index in [4.69, 9.17) is 11.6 Å². The number of urea groups is 1. The van der Waals surface area contributed by atoms with Gasteiger partial charge in [-0.2, -0.15) is 0 Å². The average molecular weight is 417 g/mol. The molecule has 0 bridgehead atoms. The van der Waals surface area contributed by atoms with Gasteiger partial charge in [-0.3, -0.25) is 9.69 Å². The number of amides is 3. The molecule has 0 aromatic heterocycles. The van der Waals surface area contributed by atoms with Crippen molar-refractivity contribution in [2.75, 3.05) is 55.6 Å². The number of carbonyl (C=O) groups excluding carboxylic acids is 2. The molecule has 0 radical (unpaired) electrons. The molecule has 4 rings (SSSR count). The van der Waals surface area contributed by atoms with E-state index in [0.717, 1.165) is 5.69 Å². The molecule has 29 heavy (non-hydrogen) atoms. The molecule has 152 valence electrons. The summed E-state index contributed by atoms with van der Waals surface area (Å²) in [6, 6.07) is 13.6. The van der Waals surface area contributed by atoms with Crippen LogP contribution >= 0.6 is 11.6 Å². The molecule has 0 unspecified atom stereocenters. The van der Waals surface area contributed by atoms with Crippen molar-refractivity contribution in [3.05, 3.63) is 59.4 Å². The van der Waals surface area contributed by atoms with E-state index in [-0.39, 0.29) is 24.3 Å². The highest BCUT2D eigenvalue weighted by atomic mass is 35.5. The van der Waals surface area contributed by atoms with Gasteiger partial charge >= 0.3 is 6.03 Å². The number of carbonyl (C=O) groups is 2. The second-order valence-electron chi connectivity index (χ2n) is 7.15. The fourth-order valence-corrected chi connectivity index (χ4v) is 3.88. The number of anilines is 2. The Balaban J connectivity index is 1.32. The van der Waals surface area contributed by atoms with Crippen molar-refractivity contribution in [3.8, 4) is 0 Å². The largest absolute Gasteiger partial charge is 0.366 e. The Morgan fingerprint density at radius 1 is 0.931 bits per heavy atom. The highest BCUT2D eigenvalue weighted by molar-refractivity contribution is 6.30. The van der Waals surface area contributed by atoms with Gasteiger partial charge in [0.1, 0.15) is 12.4 Å². The number of nitrogens with zero attached hydrogens (tertiary/aromatic N) is 4. The minimum atomic E-state index is -0.253. The standard InChI is InChI=1S/C21H22ClFN4O2/c22-16-5-7-17(8-6-16)27-14-13-26(21(27)29)15-20(28)25-11-9-24(10-12-25)19-4-2-1-3-18(19)23/h1-8H,9-15H2. The number of hydrogen-bond acceptors (Lipinski definition) is 3. The van der Waals surface area contributed by atoms with Gasteiger partial charge in [-0.25, -0.2) is 9.18 Å². The first kappa shape index (κ1) is 19.5. The molecule has 6 nitrogen and oxygen atoms in total. The molecule has 0 N–H and O–H groups in total. The number of halogens is 2. The van der Waals surface area contributed by atoms with Gasteiger partial charge < -0.3 is 14.7 Å². The maximum absolute atomic E-state index is 14.0. The van der Waals surface area contributed by atoms with Crippen molar-refractivity contribution < 1.29 is 14.0 Å². The molecule has 0 spiro atoms. The van der Waals surface area contributed by atoms with Gasteiger partial charge in [-0.05, 0) is 36.4 Å². The first-order valence-corrected chi connectivity index (χ1v) is 10.00. The van der Waals surface area contributed by atoms with Crippen molar-refractivity contribution in [1.82, 2.24) is 9.80 Å². The first-order chi connectivity index (χ1) is 14.0. The molecule has 2 aromatic rings. The summed E-state index contributed by atoms with van der Waals surface area (Å²) in [5, 5.41) is 0.613. The molecular formula is C21H22ClFN4O2. The number of hydrogen-bond donors (Lipinski definition) is 0. The third-order valence-corrected chi connectivity index (χ3v) is 5.64. The summed E-state index contributed by atoms with van der Waals surface area (Å²) in [4.78, 5) is 32.3. The van der Waals surface area contributed by atoms with Gasteiger partial charge in [-0.1, -0.05) is 23.7 Å². The maximum Gasteiger partial charge on any atom is 0.325 e. The quantitative estimate of drug-likeness (QED) is 0.769. The zero-order chi connectivity index (χ0) is 20.4. The Hall–Kier alpha value is -2.80. The summed E-state index contributed by atoms with van der Waals surface area (Å²) >= 11 is 5.91. The summed E-state index contributed by atoms with van der Waals surface area (Å²) in [5.41, 5.74) is 1.33. The van der Waals surface area contributed by atoms with Crippen LogP contribution in [0.3, 0.4) is 0 Å². The van der Waals surface area contributed by atoms with Gasteiger partial charge in [0.2, 0.25) is 5.91 Å². The molecule has 2 aliphatic heterocycles. The van der Waals surface area contributed by atoms with E-state index >= 15 is 0 Å². The fraction of sp³-hybridized carbons (Fsp3) is 0.333. The van der Waals surface area contributed by atoms with Crippen LogP contribution < -0.4 is 9.80 Å². The summed E-state index contributed by atoms with van der Waals surface area (Å²) in [6.45, 7) is 3.25. The normalized spacial score (nSPS) is 17.2. The number of para-hydroxylation sites is 1. The van der Waals surface area contributed by atoms with E-state index in [0.29, 0.717) is 50.0 Å². The number of benzene rings is 2. The Morgan fingerprint density at radius 3 is 2.31 bits per heavy atom. The maximum atomic E-state index is 14.0. The summed E-state index contributed by atoms with van der Waals surface area (Å²) in [7, 11) is 0. The van der Waals surface area contributed by atoms with E-state index < -0.39 is 0 Å². The average Bonchev–Trinajstić information content (AvgIpc) is 3.09. The topological polar surface area (TPSA) is 47.1 Å². The lowest BCUT2D eigenvalue weighted by atomic mass is 10.2. The zero-order valence-electron chi connectivity index (χ0n) is 15.9. The lowest BCUT2D eigenvalue weighted by molar-refractivity contribution is -0.131. The van der Waals surface area contributed by atoms with E-state index in [1.54, 1.807) is 57.2 Å². The van der Waals surface area contributed by atoms with E-state index in [2.05, 4.69) is 0 Å². The summed E-state index contributed by atoms with van der Waals surface area (Å²) in [6.07, 6.45) is 0. The first-order valence-electron chi connectivity index (χ1n) is 9.62. The van der Waals surface area contributed by atoms with Crippen molar-refractivity contribution in [2.45, 2.75) is 0 Å². The lowest BCUT2D eigenvalue weighted by Crippen LogP contribution is -2.51. The molecule has 0 atom stereocenters. The van der Waals surface area contributed by atoms with Crippen molar-refractivity contribution in [2.24, 2.45) is 0 Å². The predicted octanol–water partition coefficient (Wildman–Crippen LogP) is 3.07. The van der Waals surface area contributed by atoms with Crippen molar-refractivity contribution >= 4 is 34.9 Å². The molecule has 0 aliphatic carbocycles. The van der Waals surface area contributed by atoms with Gasteiger partial charge in [0, 0.05) is 50.0 Å². The van der Waals surface area contributed by atoms with Gasteiger partial charge in [0.25, 0.3) is 0 Å². The summed E-state index contributed by atoms with van der Waals surface area (Å²) < 4.78 is 14.0. The number of rotatable bonds is 4. The highest BCUT2D eigenvalue weighted by Gasteiger charge is 2.32. The van der Waals surface area contributed by atoms with Gasteiger partial charge in [-0.15, -0.1) is 0 Å². The monoisotopic (exact) mass is 416 g/mol. The lowest BCUT2D eigenvalue weighted by Gasteiger charge is -2.36. The fourth-order valence-electron chi connectivity index (χ4n) is 3.76. The Morgan fingerprint density at radius 2 is 1.62 bits per heavy atom. The van der Waals surface area contributed by atoms with E-state index in [9.17, 15) is 14.0 Å². The molecule has 2 fully saturated rings. The van der Waals surface area contributed by atoms with Crippen LogP contribution in [0.2, 0.25) is 5.02 Å². The van der Waals surface area contributed by atoms with Crippen LogP contribution in [0, 0.1) is 5.82 Å². The Bertz CT molecular complexity index is 900. The smallest absolute Gasteiger partial charge is 0.325 e. The summed E-state index contributed by atoms with van der Waals surface area (Å²) in [5.74, 6) is -0.332. The molecule has 3 amide bonds. The molecule has 0 saturated carbocycles. The number of piperazine rings is 1. The van der Waals surface area contributed by atoms with Crippen LogP contribution in [0.1, 0.15) is 0 Å². The minimum absolute atomic E-state index is 0.0582. The molecule has 2 aromatic carbocycles. The van der Waals surface area contributed by atoms with Crippen LogP contribution in [0.25, 0.3) is 0 Å². The minimum Gasteiger partial charge on any atom is -0.366 e. The van der Waals surface area contributed by atoms with E-state index in [1.165, 1.54) is 6.07 Å². The third kappa shape index (κ3) is 4.15. The molecule has 8 heteroatoms. The zero-order valence-corrected chi connectivity index (χ0v) is 16.7. The predicted molar refractivity (Wildman–Crippen MR) is 111 cm³/mol. The second-order valence-corrected chi connectivity index (χ2v) is 7.59. The van der Waals surface area contributed by atoms with E-state index in [1.807, 2.05) is 4.90 Å². The van der Waals surface area contributed by atoms with Crippen LogP contribution in [-0.4, -0.2) is 67.6 Å². The highest BCUT2D eigenvalue weighted by Crippen LogP contribution is 2.23. The molecule has 2 aliphatic rings. The molecular weight excluding hydrogens is 395 g/mol. The third-order valence-electron chi connectivity index (χ3n) is 5.38. The molecule has 2 saturated heterocycles. The van der Waals surface area contributed by atoms with Gasteiger partial charge in [0.05, 0.1) is 5.69 Å². The second kappa shape index (κ2) is 8.29. The molecule has 2 heterocycles. The Kier molecular flexibility index (Phi) is 5.58. The van der Waals surface area contributed by atoms with Crippen molar-refractivity contribution in [3.63, 3.8) is 0 Å². The van der Waals surface area contributed by atoms with Gasteiger partial charge in [0.15, 0.2) is 0 Å². The van der Waals surface area contributed by atoms with Crippen molar-refractivity contribution in [1.29, 1.82) is 0 Å². The van der Waals surface area contributed by atoms with Crippen LogP contribution in [0.15, 0.2) is 48.5 Å². The van der Waals surface area contributed by atoms with Crippen LogP contribution in [0.5, 0.6) is 0 Å².